The maximum absolute atomic E-state index is 13.7. The van der Waals surface area contributed by atoms with Crippen molar-refractivity contribution in [3.05, 3.63) is 102 Å². The zero-order valence-corrected chi connectivity index (χ0v) is 18.5. The highest BCUT2D eigenvalue weighted by Gasteiger charge is 2.26. The number of H-pyrrole nitrogens is 1. The molecule has 3 heterocycles. The first kappa shape index (κ1) is 20.2. The van der Waals surface area contributed by atoms with Crippen molar-refractivity contribution in [2.24, 2.45) is 0 Å². The van der Waals surface area contributed by atoms with Crippen molar-refractivity contribution >= 4 is 28.4 Å². The van der Waals surface area contributed by atoms with Gasteiger partial charge in [-0.3, -0.25) is 4.79 Å². The number of nitrogens with zero attached hydrogens (tertiary/aromatic N) is 4. The van der Waals surface area contributed by atoms with Gasteiger partial charge in [0, 0.05) is 28.4 Å². The third-order valence-electron chi connectivity index (χ3n) is 5.29. The Kier molecular flexibility index (Phi) is 5.33. The molecule has 0 fully saturated rings. The molecule has 3 aromatic heterocycles. The number of nitrogens with one attached hydrogen (secondary N) is 1. The van der Waals surface area contributed by atoms with Crippen molar-refractivity contribution in [2.75, 3.05) is 0 Å². The summed E-state index contributed by atoms with van der Waals surface area (Å²) in [7, 11) is 0. The first-order chi connectivity index (χ1) is 15.6. The number of para-hydroxylation sites is 1. The van der Waals surface area contributed by atoms with Crippen LogP contribution in [0.1, 0.15) is 32.6 Å². The van der Waals surface area contributed by atoms with Gasteiger partial charge in [0.25, 0.3) is 0 Å². The van der Waals surface area contributed by atoms with E-state index in [-0.39, 0.29) is 5.78 Å². The molecule has 0 spiro atoms. The molecule has 0 aliphatic heterocycles. The highest BCUT2D eigenvalue weighted by molar-refractivity contribution is 8.00. The van der Waals surface area contributed by atoms with E-state index in [0.29, 0.717) is 16.4 Å². The molecule has 0 bridgehead atoms. The minimum atomic E-state index is -0.441. The normalized spacial score (nSPS) is 12.2. The first-order valence-corrected chi connectivity index (χ1v) is 11.2. The molecule has 0 amide bonds. The van der Waals surface area contributed by atoms with Gasteiger partial charge in [-0.2, -0.15) is 5.10 Å². The summed E-state index contributed by atoms with van der Waals surface area (Å²) in [5, 5.41) is 14.4. The smallest absolute Gasteiger partial charge is 0.182 e. The molecular formula is C25H21N5OS. The highest BCUT2D eigenvalue weighted by Crippen LogP contribution is 2.38. The lowest BCUT2D eigenvalue weighted by atomic mass is 10.0. The van der Waals surface area contributed by atoms with Crippen molar-refractivity contribution in [1.82, 2.24) is 25.0 Å². The Morgan fingerprint density at radius 2 is 1.75 bits per heavy atom. The van der Waals surface area contributed by atoms with Crippen LogP contribution >= 0.6 is 11.8 Å². The van der Waals surface area contributed by atoms with E-state index in [4.69, 9.17) is 0 Å². The Hall–Kier alpha value is -3.71. The van der Waals surface area contributed by atoms with Crippen LogP contribution in [0.25, 0.3) is 16.7 Å². The number of Topliss-reactive ketones (excluding diaryl/α,β-unsaturated/α-hetero) is 1. The standard InChI is InChI=1S/C25H21N5OS/c1-16-14-17(2)30(29-16)22-12-13-23(28-27-22)32-25(18-8-4-3-5-9-18)24(31)20-15-26-21-11-7-6-10-19(20)21/h3-15,25-26H,1-2H3. The Bertz CT molecular complexity index is 1390. The molecule has 2 aromatic carbocycles. The molecule has 0 aliphatic carbocycles. The van der Waals surface area contributed by atoms with E-state index in [1.807, 2.05) is 86.6 Å². The van der Waals surface area contributed by atoms with Crippen LogP contribution in [0.3, 0.4) is 0 Å². The largest absolute Gasteiger partial charge is 0.360 e. The molecule has 158 valence electrons. The molecule has 0 saturated carbocycles. The fourth-order valence-corrected chi connectivity index (χ4v) is 4.79. The van der Waals surface area contributed by atoms with Crippen molar-refractivity contribution in [1.29, 1.82) is 0 Å². The number of thioether (sulfide) groups is 1. The topological polar surface area (TPSA) is 76.5 Å². The number of benzene rings is 2. The van der Waals surface area contributed by atoms with E-state index in [0.717, 1.165) is 27.9 Å². The van der Waals surface area contributed by atoms with Gasteiger partial charge in [0.1, 0.15) is 5.03 Å². The van der Waals surface area contributed by atoms with Crippen LogP contribution in [0.4, 0.5) is 0 Å². The summed E-state index contributed by atoms with van der Waals surface area (Å²) in [6.07, 6.45) is 1.79. The lowest BCUT2D eigenvalue weighted by Gasteiger charge is -2.15. The molecule has 1 N–H and O–H groups in total. The predicted molar refractivity (Wildman–Crippen MR) is 126 cm³/mol. The molecule has 5 aromatic rings. The van der Waals surface area contributed by atoms with Crippen LogP contribution in [0.15, 0.2) is 84.0 Å². The zero-order chi connectivity index (χ0) is 22.1. The van der Waals surface area contributed by atoms with Crippen molar-refractivity contribution in [3.8, 4) is 5.82 Å². The number of hydrogen-bond donors (Lipinski definition) is 1. The van der Waals surface area contributed by atoms with Gasteiger partial charge in [0.05, 0.1) is 10.9 Å². The molecule has 0 saturated heterocycles. The summed E-state index contributed by atoms with van der Waals surface area (Å²) < 4.78 is 1.77. The summed E-state index contributed by atoms with van der Waals surface area (Å²) in [4.78, 5) is 16.9. The molecule has 0 radical (unpaired) electrons. The van der Waals surface area contributed by atoms with E-state index in [1.165, 1.54) is 11.8 Å². The monoisotopic (exact) mass is 439 g/mol. The number of carbonyl (C=O) groups is 1. The average Bonchev–Trinajstić information content (AvgIpc) is 3.40. The number of carbonyl (C=O) groups excluding carboxylic acids is 1. The molecular weight excluding hydrogens is 418 g/mol. The second kappa shape index (κ2) is 8.43. The fourth-order valence-electron chi connectivity index (χ4n) is 3.79. The number of hydrogen-bond acceptors (Lipinski definition) is 5. The maximum atomic E-state index is 13.7. The van der Waals surface area contributed by atoms with Gasteiger partial charge in [0.2, 0.25) is 0 Å². The van der Waals surface area contributed by atoms with Crippen LogP contribution < -0.4 is 0 Å². The van der Waals surface area contributed by atoms with Gasteiger partial charge in [-0.15, -0.1) is 10.2 Å². The highest BCUT2D eigenvalue weighted by atomic mass is 32.2. The molecule has 0 aliphatic rings. The Balaban J connectivity index is 1.48. The lowest BCUT2D eigenvalue weighted by molar-refractivity contribution is 0.0991. The van der Waals surface area contributed by atoms with E-state index in [9.17, 15) is 4.79 Å². The minimum absolute atomic E-state index is 0.0306. The lowest BCUT2D eigenvalue weighted by Crippen LogP contribution is -2.10. The van der Waals surface area contributed by atoms with Gasteiger partial charge in [0.15, 0.2) is 11.6 Å². The third-order valence-corrected chi connectivity index (χ3v) is 6.47. The van der Waals surface area contributed by atoms with Gasteiger partial charge in [-0.25, -0.2) is 4.68 Å². The molecule has 5 rings (SSSR count). The van der Waals surface area contributed by atoms with Gasteiger partial charge < -0.3 is 4.98 Å². The third kappa shape index (κ3) is 3.83. The Labute approximate surface area is 189 Å². The first-order valence-electron chi connectivity index (χ1n) is 10.3. The minimum Gasteiger partial charge on any atom is -0.360 e. The molecule has 6 nitrogen and oxygen atoms in total. The molecule has 32 heavy (non-hydrogen) atoms. The van der Waals surface area contributed by atoms with Crippen molar-refractivity contribution in [2.45, 2.75) is 24.1 Å². The average molecular weight is 440 g/mol. The summed E-state index contributed by atoms with van der Waals surface area (Å²) in [5.74, 6) is 0.683. The number of aryl methyl sites for hydroxylation is 2. The number of rotatable bonds is 6. The van der Waals surface area contributed by atoms with E-state index in [2.05, 4.69) is 20.3 Å². The zero-order valence-electron chi connectivity index (χ0n) is 17.7. The van der Waals surface area contributed by atoms with Crippen LogP contribution in [-0.4, -0.2) is 30.7 Å². The van der Waals surface area contributed by atoms with Gasteiger partial charge in [-0.1, -0.05) is 60.3 Å². The van der Waals surface area contributed by atoms with Crippen molar-refractivity contribution in [3.63, 3.8) is 0 Å². The van der Waals surface area contributed by atoms with Gasteiger partial charge in [-0.05, 0) is 43.7 Å². The van der Waals surface area contributed by atoms with Gasteiger partial charge >= 0.3 is 0 Å². The predicted octanol–water partition coefficient (Wildman–Crippen LogP) is 5.48. The summed E-state index contributed by atoms with van der Waals surface area (Å²) in [6, 6.07) is 23.4. The number of aromatic nitrogens is 5. The summed E-state index contributed by atoms with van der Waals surface area (Å²) in [6.45, 7) is 3.93. The SMILES string of the molecule is Cc1cc(C)n(-c2ccc(SC(C(=O)c3c[nH]c4ccccc34)c3ccccc3)nn2)n1. The van der Waals surface area contributed by atoms with E-state index >= 15 is 0 Å². The second-order valence-corrected chi connectivity index (χ2v) is 8.71. The molecule has 1 atom stereocenters. The quantitative estimate of drug-likeness (QED) is 0.280. The van der Waals surface area contributed by atoms with Crippen LogP contribution in [0.2, 0.25) is 0 Å². The number of fused-ring (bicyclic) bond motifs is 1. The Morgan fingerprint density at radius 1 is 0.969 bits per heavy atom. The number of aromatic amines is 1. The number of ketones is 1. The molecule has 7 heteroatoms. The van der Waals surface area contributed by atoms with Crippen LogP contribution in [0.5, 0.6) is 0 Å². The maximum Gasteiger partial charge on any atom is 0.182 e. The second-order valence-electron chi connectivity index (χ2n) is 7.59. The van der Waals surface area contributed by atoms with Crippen LogP contribution in [-0.2, 0) is 0 Å². The summed E-state index contributed by atoms with van der Waals surface area (Å²) >= 11 is 1.40. The van der Waals surface area contributed by atoms with Crippen LogP contribution in [0, 0.1) is 13.8 Å². The van der Waals surface area contributed by atoms with E-state index < -0.39 is 5.25 Å². The molecule has 1 unspecified atom stereocenters. The summed E-state index contributed by atoms with van der Waals surface area (Å²) in [5.41, 5.74) is 4.47. The fraction of sp³-hybridized carbons (Fsp3) is 0.120. The van der Waals surface area contributed by atoms with E-state index in [1.54, 1.807) is 10.9 Å². The van der Waals surface area contributed by atoms with Crippen molar-refractivity contribution < 1.29 is 4.79 Å². The Morgan fingerprint density at radius 3 is 2.47 bits per heavy atom.